The van der Waals surface area contributed by atoms with Gasteiger partial charge in [0.05, 0.1) is 6.42 Å². The van der Waals surface area contributed by atoms with Crippen molar-refractivity contribution in [3.8, 4) is 0 Å². The van der Waals surface area contributed by atoms with Crippen LogP contribution in [-0.4, -0.2) is 16.1 Å². The van der Waals surface area contributed by atoms with Gasteiger partial charge in [-0.2, -0.15) is 5.10 Å². The molecule has 1 amide bonds. The monoisotopic (exact) mass is 367 g/mol. The number of halogens is 1. The Labute approximate surface area is 125 Å². The first-order valence-corrected chi connectivity index (χ1v) is 7.39. The highest BCUT2D eigenvalue weighted by Crippen LogP contribution is 2.39. The van der Waals surface area contributed by atoms with E-state index in [1.165, 1.54) is 12.8 Å². The average Bonchev–Trinajstić information content (AvgIpc) is 3.14. The van der Waals surface area contributed by atoms with Gasteiger partial charge in [0.15, 0.2) is 5.82 Å². The highest BCUT2D eigenvalue weighted by molar-refractivity contribution is 14.1. The first-order valence-electron chi connectivity index (χ1n) is 6.31. The van der Waals surface area contributed by atoms with Crippen molar-refractivity contribution in [2.24, 2.45) is 0 Å². The number of hydrogen-bond donors (Lipinski definition) is 2. The SMILES string of the molecule is O=C(Cc1ccccc1I)Nc1cc(C2CC2)[nH]n1. The molecule has 1 heterocycles. The second-order valence-corrected chi connectivity index (χ2v) is 5.96. The van der Waals surface area contributed by atoms with E-state index in [4.69, 9.17) is 0 Å². The summed E-state index contributed by atoms with van der Waals surface area (Å²) in [5.74, 6) is 1.21. The van der Waals surface area contributed by atoms with Crippen molar-refractivity contribution >= 4 is 34.3 Å². The van der Waals surface area contributed by atoms with E-state index in [0.29, 0.717) is 18.2 Å². The average molecular weight is 367 g/mol. The summed E-state index contributed by atoms with van der Waals surface area (Å²) < 4.78 is 1.11. The number of hydrogen-bond acceptors (Lipinski definition) is 2. The van der Waals surface area contributed by atoms with E-state index in [-0.39, 0.29) is 5.91 Å². The number of amides is 1. The number of carbonyl (C=O) groups is 1. The summed E-state index contributed by atoms with van der Waals surface area (Å²) >= 11 is 2.24. The Morgan fingerprint density at radius 2 is 2.21 bits per heavy atom. The van der Waals surface area contributed by atoms with Crippen LogP contribution in [0.25, 0.3) is 0 Å². The van der Waals surface area contributed by atoms with Gasteiger partial charge in [0, 0.05) is 21.2 Å². The summed E-state index contributed by atoms with van der Waals surface area (Å²) in [6.45, 7) is 0. The number of nitrogens with one attached hydrogen (secondary N) is 2. The van der Waals surface area contributed by atoms with Crippen molar-refractivity contribution in [2.75, 3.05) is 5.32 Å². The maximum Gasteiger partial charge on any atom is 0.230 e. The lowest BCUT2D eigenvalue weighted by Crippen LogP contribution is -2.15. The lowest BCUT2D eigenvalue weighted by molar-refractivity contribution is -0.115. The summed E-state index contributed by atoms with van der Waals surface area (Å²) in [7, 11) is 0. The lowest BCUT2D eigenvalue weighted by atomic mass is 10.1. The highest BCUT2D eigenvalue weighted by Gasteiger charge is 2.25. The number of aromatic amines is 1. The molecular weight excluding hydrogens is 353 g/mol. The molecule has 4 nitrogen and oxygen atoms in total. The Bertz CT molecular complexity index is 604. The summed E-state index contributed by atoms with van der Waals surface area (Å²) in [6.07, 6.45) is 2.82. The number of H-pyrrole nitrogens is 1. The second-order valence-electron chi connectivity index (χ2n) is 4.80. The second kappa shape index (κ2) is 5.32. The Hall–Kier alpha value is -1.37. The molecule has 0 atom stereocenters. The minimum absolute atomic E-state index is 0.0297. The van der Waals surface area contributed by atoms with Gasteiger partial charge in [-0.05, 0) is 47.1 Å². The summed E-state index contributed by atoms with van der Waals surface area (Å²) in [4.78, 5) is 12.0. The normalized spacial score (nSPS) is 14.4. The van der Waals surface area contributed by atoms with Crippen LogP contribution in [0.3, 0.4) is 0 Å². The minimum atomic E-state index is -0.0297. The minimum Gasteiger partial charge on any atom is -0.309 e. The fourth-order valence-electron chi connectivity index (χ4n) is 2.01. The Kier molecular flexibility index (Phi) is 3.54. The van der Waals surface area contributed by atoms with Gasteiger partial charge in [0.2, 0.25) is 5.91 Å². The molecule has 3 rings (SSSR count). The summed E-state index contributed by atoms with van der Waals surface area (Å²) in [5, 5.41) is 9.94. The first-order chi connectivity index (χ1) is 9.22. The third kappa shape index (κ3) is 3.15. The van der Waals surface area contributed by atoms with Gasteiger partial charge in [-0.25, -0.2) is 0 Å². The van der Waals surface area contributed by atoms with Gasteiger partial charge >= 0.3 is 0 Å². The van der Waals surface area contributed by atoms with Crippen LogP contribution < -0.4 is 5.32 Å². The molecule has 0 aliphatic heterocycles. The van der Waals surface area contributed by atoms with Crippen molar-refractivity contribution < 1.29 is 4.79 Å². The molecule has 98 valence electrons. The Morgan fingerprint density at radius 3 is 2.95 bits per heavy atom. The molecule has 0 bridgehead atoms. The molecule has 1 saturated carbocycles. The molecule has 0 unspecified atom stereocenters. The van der Waals surface area contributed by atoms with Crippen LogP contribution in [-0.2, 0) is 11.2 Å². The van der Waals surface area contributed by atoms with Gasteiger partial charge in [0.1, 0.15) is 0 Å². The topological polar surface area (TPSA) is 57.8 Å². The van der Waals surface area contributed by atoms with Gasteiger partial charge in [0.25, 0.3) is 0 Å². The van der Waals surface area contributed by atoms with E-state index in [2.05, 4.69) is 38.1 Å². The molecule has 0 spiro atoms. The first kappa shape index (κ1) is 12.7. The van der Waals surface area contributed by atoms with Gasteiger partial charge in [-0.3, -0.25) is 9.89 Å². The predicted octanol–water partition coefficient (Wildman–Crippen LogP) is 3.07. The fourth-order valence-corrected chi connectivity index (χ4v) is 2.58. The number of carbonyl (C=O) groups excluding carboxylic acids is 1. The number of rotatable bonds is 4. The van der Waals surface area contributed by atoms with Gasteiger partial charge < -0.3 is 5.32 Å². The smallest absolute Gasteiger partial charge is 0.230 e. The third-order valence-corrected chi connectivity index (χ3v) is 4.24. The van der Waals surface area contributed by atoms with Crippen LogP contribution in [0.4, 0.5) is 5.82 Å². The molecule has 0 radical (unpaired) electrons. The zero-order chi connectivity index (χ0) is 13.2. The molecule has 1 aromatic heterocycles. The number of anilines is 1. The molecule has 5 heteroatoms. The zero-order valence-corrected chi connectivity index (χ0v) is 12.5. The van der Waals surface area contributed by atoms with Crippen molar-refractivity contribution in [1.82, 2.24) is 10.2 Å². The van der Waals surface area contributed by atoms with E-state index in [0.717, 1.165) is 14.8 Å². The van der Waals surface area contributed by atoms with Crippen molar-refractivity contribution in [3.05, 3.63) is 45.2 Å². The summed E-state index contributed by atoms with van der Waals surface area (Å²) in [6, 6.07) is 9.83. The number of aromatic nitrogens is 2. The Morgan fingerprint density at radius 1 is 1.42 bits per heavy atom. The zero-order valence-electron chi connectivity index (χ0n) is 10.3. The quantitative estimate of drug-likeness (QED) is 0.817. The number of benzene rings is 1. The lowest BCUT2D eigenvalue weighted by Gasteiger charge is -2.04. The maximum absolute atomic E-state index is 12.0. The summed E-state index contributed by atoms with van der Waals surface area (Å²) in [5.41, 5.74) is 2.17. The van der Waals surface area contributed by atoms with E-state index in [1.54, 1.807) is 0 Å². The van der Waals surface area contributed by atoms with Crippen LogP contribution in [0.15, 0.2) is 30.3 Å². The largest absolute Gasteiger partial charge is 0.309 e. The van der Waals surface area contributed by atoms with Crippen LogP contribution in [0.5, 0.6) is 0 Å². The van der Waals surface area contributed by atoms with E-state index >= 15 is 0 Å². The van der Waals surface area contributed by atoms with Crippen LogP contribution in [0.1, 0.15) is 30.0 Å². The van der Waals surface area contributed by atoms with Crippen LogP contribution >= 0.6 is 22.6 Å². The molecule has 1 aromatic carbocycles. The third-order valence-electron chi connectivity index (χ3n) is 3.19. The van der Waals surface area contributed by atoms with E-state index in [9.17, 15) is 4.79 Å². The molecule has 1 aliphatic rings. The van der Waals surface area contributed by atoms with Gasteiger partial charge in [-0.15, -0.1) is 0 Å². The Balaban J connectivity index is 1.62. The van der Waals surface area contributed by atoms with Crippen molar-refractivity contribution in [1.29, 1.82) is 0 Å². The number of nitrogens with zero attached hydrogens (tertiary/aromatic N) is 1. The molecule has 0 saturated heterocycles. The standard InChI is InChI=1S/C14H14IN3O/c15-11-4-2-1-3-10(11)7-14(19)16-13-8-12(17-18-13)9-5-6-9/h1-4,8-9H,5-7H2,(H2,16,17,18,19). The molecular formula is C14H14IN3O. The maximum atomic E-state index is 12.0. The van der Waals surface area contributed by atoms with Crippen LogP contribution in [0.2, 0.25) is 0 Å². The van der Waals surface area contributed by atoms with E-state index in [1.807, 2.05) is 30.3 Å². The molecule has 19 heavy (non-hydrogen) atoms. The molecule has 1 fully saturated rings. The van der Waals surface area contributed by atoms with E-state index < -0.39 is 0 Å². The van der Waals surface area contributed by atoms with Gasteiger partial charge in [-0.1, -0.05) is 18.2 Å². The van der Waals surface area contributed by atoms with Crippen molar-refractivity contribution in [3.63, 3.8) is 0 Å². The molecule has 2 N–H and O–H groups in total. The van der Waals surface area contributed by atoms with Crippen LogP contribution in [0, 0.1) is 3.57 Å². The highest BCUT2D eigenvalue weighted by atomic mass is 127. The molecule has 2 aromatic rings. The predicted molar refractivity (Wildman–Crippen MR) is 82.1 cm³/mol. The molecule has 1 aliphatic carbocycles. The fraction of sp³-hybridized carbons (Fsp3) is 0.286. The van der Waals surface area contributed by atoms with Crippen molar-refractivity contribution in [2.45, 2.75) is 25.2 Å².